The van der Waals surface area contributed by atoms with Crippen LogP contribution in [0.2, 0.25) is 0 Å². The molecule has 1 amide bonds. The van der Waals surface area contributed by atoms with Crippen molar-refractivity contribution < 1.29 is 56.6 Å². The van der Waals surface area contributed by atoms with E-state index in [2.05, 4.69) is 16.0 Å². The lowest BCUT2D eigenvalue weighted by Gasteiger charge is -2.33. The zero-order valence-corrected chi connectivity index (χ0v) is 45.0. The van der Waals surface area contributed by atoms with Crippen molar-refractivity contribution in [1.29, 1.82) is 0 Å². The second-order valence-electron chi connectivity index (χ2n) is 19.3. The second kappa shape index (κ2) is 24.6. The number of amides is 1. The van der Waals surface area contributed by atoms with Gasteiger partial charge in [-0.05, 0) is 89.4 Å². The van der Waals surface area contributed by atoms with Gasteiger partial charge in [0.15, 0.2) is 46.1 Å². The summed E-state index contributed by atoms with van der Waals surface area (Å²) in [7, 11) is 9.27. The van der Waals surface area contributed by atoms with E-state index >= 15 is 0 Å². The van der Waals surface area contributed by atoms with E-state index in [1.54, 1.807) is 60.6 Å². The van der Waals surface area contributed by atoms with E-state index in [1.165, 1.54) is 26.4 Å². The van der Waals surface area contributed by atoms with Gasteiger partial charge in [0.25, 0.3) is 6.47 Å². The van der Waals surface area contributed by atoms with Crippen LogP contribution in [0.1, 0.15) is 81.1 Å². The number of carbonyl (C=O) groups is 2. The highest BCUT2D eigenvalue weighted by Gasteiger charge is 2.31. The van der Waals surface area contributed by atoms with Gasteiger partial charge >= 0.3 is 6.09 Å². The SMILES string of the molecule is COc1ccc(CNc2nc3cc(OC)c(F)cc3c3nc([C@@H]4CCCN(C(=O)OC(C)(C)C)C4)nn23)c(OC)c1.COc1ccc(CNc2nc3cc(OC)c(F)cc3c3nc([C@@H]4CCCNC4)nn23)c(OC)c1.O=CO. The predicted molar refractivity (Wildman–Crippen MR) is 287 cm³/mol. The average molecular weight is 1080 g/mol. The maximum atomic E-state index is 14.8. The minimum Gasteiger partial charge on any atom is -0.497 e. The lowest BCUT2D eigenvalue weighted by molar-refractivity contribution is -0.122. The molecule has 2 aliphatic heterocycles. The van der Waals surface area contributed by atoms with E-state index in [1.807, 2.05) is 51.1 Å². The molecule has 8 aromatic rings. The van der Waals surface area contributed by atoms with Crippen molar-refractivity contribution in [2.75, 3.05) is 79.5 Å². The number of fused-ring (bicyclic) bond motifs is 6. The van der Waals surface area contributed by atoms with E-state index in [4.69, 9.17) is 73.2 Å². The molecular weight excluding hydrogens is 1010 g/mol. The first-order valence-electron chi connectivity index (χ1n) is 25.2. The maximum Gasteiger partial charge on any atom is 0.410 e. The van der Waals surface area contributed by atoms with Crippen molar-refractivity contribution in [3.05, 3.63) is 95.1 Å². The molecular formula is C54H64F2N12O10. The van der Waals surface area contributed by atoms with E-state index in [0.29, 0.717) is 100.0 Å². The van der Waals surface area contributed by atoms with Crippen LogP contribution in [-0.2, 0) is 22.6 Å². The maximum absolute atomic E-state index is 14.8. The van der Waals surface area contributed by atoms with Gasteiger partial charge < -0.3 is 59.1 Å². The van der Waals surface area contributed by atoms with E-state index in [9.17, 15) is 13.6 Å². The van der Waals surface area contributed by atoms with Gasteiger partial charge in [-0.15, -0.1) is 10.2 Å². The Hall–Kier alpha value is -8.54. The Balaban J connectivity index is 0.000000199. The number of rotatable bonds is 14. The molecule has 4 aromatic carbocycles. The highest BCUT2D eigenvalue weighted by Crippen LogP contribution is 2.34. The fourth-order valence-electron chi connectivity index (χ4n) is 9.24. The second-order valence-corrected chi connectivity index (χ2v) is 19.3. The minimum absolute atomic E-state index is 0.0807. The zero-order chi connectivity index (χ0) is 55.7. The number of nitrogens with zero attached hydrogens (tertiary/aromatic N) is 9. The van der Waals surface area contributed by atoms with Crippen molar-refractivity contribution in [3.8, 4) is 34.5 Å². The Bertz CT molecular complexity index is 3420. The Morgan fingerprint density at radius 3 is 1.59 bits per heavy atom. The molecule has 0 bridgehead atoms. The topological polar surface area (TPSA) is 244 Å². The summed E-state index contributed by atoms with van der Waals surface area (Å²) in [6.45, 7) is 8.92. The molecule has 24 heteroatoms. The molecule has 0 aliphatic carbocycles. The quantitative estimate of drug-likeness (QED) is 0.0747. The molecule has 22 nitrogen and oxygen atoms in total. The largest absolute Gasteiger partial charge is 0.497 e. The predicted octanol–water partition coefficient (Wildman–Crippen LogP) is 8.39. The first-order valence-corrected chi connectivity index (χ1v) is 25.2. The number of nitrogens with one attached hydrogen (secondary N) is 3. The van der Waals surface area contributed by atoms with Crippen molar-refractivity contribution in [3.63, 3.8) is 0 Å². The lowest BCUT2D eigenvalue weighted by atomic mass is 9.98. The first kappa shape index (κ1) is 55.7. The van der Waals surface area contributed by atoms with Crippen LogP contribution in [0.4, 0.5) is 25.5 Å². The highest BCUT2D eigenvalue weighted by molar-refractivity contribution is 5.94. The van der Waals surface area contributed by atoms with Gasteiger partial charge in [-0.1, -0.05) is 0 Å². The number of benzene rings is 4. The molecule has 0 radical (unpaired) electrons. The summed E-state index contributed by atoms with van der Waals surface area (Å²) in [5.74, 6) is 4.22. The molecule has 78 heavy (non-hydrogen) atoms. The van der Waals surface area contributed by atoms with Crippen LogP contribution in [0.3, 0.4) is 0 Å². The lowest BCUT2D eigenvalue weighted by Crippen LogP contribution is -2.42. The van der Waals surface area contributed by atoms with Crippen LogP contribution in [-0.4, -0.2) is 136 Å². The van der Waals surface area contributed by atoms with Gasteiger partial charge in [-0.2, -0.15) is 9.03 Å². The molecule has 0 unspecified atom stereocenters. The molecule has 2 atom stereocenters. The number of likely N-dealkylation sites (tertiary alicyclic amines) is 1. The molecule has 0 spiro atoms. The third-order valence-electron chi connectivity index (χ3n) is 13.1. The standard InChI is InChI=1S/C29H35FN6O5.C24H27FN6O3.CH2O2/c1-29(2,3)41-28(37)35-11-7-8-18(16-35)25-33-26-20-13-21(30)24(40-6)14-22(20)32-27(36(26)34-25)31-15-17-9-10-19(38-4)12-23(17)39-5;1-32-16-7-6-14(20(9-16)33-2)13-27-24-28-19-11-21(34-3)18(25)10-17(19)23-29-22(30-31(23)24)15-5-4-8-26-12-15;2-1-3/h9-10,12-14,18H,7-8,11,15-16H2,1-6H3,(H,31,32);6-7,9-11,15,26H,4-5,8,12-13H2,1-3H3,(H,27,28);1H,(H,2,3)/t18-;15-;/m11./s1. The third kappa shape index (κ3) is 12.5. The molecule has 0 saturated carbocycles. The van der Waals surface area contributed by atoms with Crippen LogP contribution in [0.25, 0.3) is 33.1 Å². The Morgan fingerprint density at radius 2 is 1.15 bits per heavy atom. The van der Waals surface area contributed by atoms with Crippen molar-refractivity contribution >= 4 is 57.6 Å². The molecule has 414 valence electrons. The van der Waals surface area contributed by atoms with Crippen LogP contribution in [0, 0.1) is 11.6 Å². The number of carboxylic acid groups (broad SMARTS) is 1. The summed E-state index contributed by atoms with van der Waals surface area (Å²) < 4.78 is 70.2. The van der Waals surface area contributed by atoms with Gasteiger partial charge in [-0.25, -0.2) is 33.5 Å². The molecule has 2 aliphatic rings. The van der Waals surface area contributed by atoms with Crippen molar-refractivity contribution in [1.82, 2.24) is 49.4 Å². The van der Waals surface area contributed by atoms with Gasteiger partial charge in [0.05, 0.1) is 53.7 Å². The number of methoxy groups -OCH3 is 6. The van der Waals surface area contributed by atoms with Gasteiger partial charge in [0, 0.05) is 90.7 Å². The summed E-state index contributed by atoms with van der Waals surface area (Å²) >= 11 is 0. The average Bonchev–Trinajstić information content (AvgIpc) is 4.26. The van der Waals surface area contributed by atoms with E-state index < -0.39 is 17.2 Å². The summed E-state index contributed by atoms with van der Waals surface area (Å²) in [4.78, 5) is 42.0. The highest BCUT2D eigenvalue weighted by atomic mass is 19.1. The van der Waals surface area contributed by atoms with Crippen LogP contribution < -0.4 is 44.4 Å². The summed E-state index contributed by atoms with van der Waals surface area (Å²) in [5.41, 5.74) is 3.27. The number of aromatic nitrogens is 8. The number of piperidine rings is 2. The van der Waals surface area contributed by atoms with E-state index in [0.717, 1.165) is 55.7 Å². The Labute approximate surface area is 448 Å². The fraction of sp³-hybridized carbons (Fsp3) is 0.407. The summed E-state index contributed by atoms with van der Waals surface area (Å²) in [6, 6.07) is 17.1. The third-order valence-corrected chi connectivity index (χ3v) is 13.1. The fourth-order valence-corrected chi connectivity index (χ4v) is 9.24. The molecule has 4 aromatic heterocycles. The van der Waals surface area contributed by atoms with Gasteiger partial charge in [0.1, 0.15) is 28.6 Å². The summed E-state index contributed by atoms with van der Waals surface area (Å²) in [6.07, 6.45) is 3.29. The van der Waals surface area contributed by atoms with E-state index in [-0.39, 0.29) is 35.9 Å². The Morgan fingerprint density at radius 1 is 0.679 bits per heavy atom. The number of anilines is 2. The number of halogens is 2. The van der Waals surface area contributed by atoms with Crippen LogP contribution in [0.5, 0.6) is 34.5 Å². The monoisotopic (exact) mass is 1080 g/mol. The van der Waals surface area contributed by atoms with Crippen molar-refractivity contribution in [2.24, 2.45) is 0 Å². The smallest absolute Gasteiger partial charge is 0.410 e. The number of hydrogen-bond acceptors (Lipinski definition) is 18. The van der Waals surface area contributed by atoms with Gasteiger partial charge in [-0.3, -0.25) is 4.79 Å². The minimum atomic E-state index is -0.589. The Kier molecular flexibility index (Phi) is 17.6. The number of ether oxygens (including phenoxy) is 7. The van der Waals surface area contributed by atoms with Crippen molar-refractivity contribution in [2.45, 2.75) is 77.0 Å². The summed E-state index contributed by atoms with van der Waals surface area (Å²) in [5, 5.41) is 27.6. The first-order chi connectivity index (χ1) is 37.6. The van der Waals surface area contributed by atoms with Gasteiger partial charge in [0.2, 0.25) is 11.9 Å². The zero-order valence-electron chi connectivity index (χ0n) is 45.0. The number of hydrogen-bond donors (Lipinski definition) is 4. The van der Waals surface area contributed by atoms with Crippen LogP contribution in [0.15, 0.2) is 60.7 Å². The molecule has 2 fully saturated rings. The normalized spacial score (nSPS) is 15.4. The molecule has 2 saturated heterocycles. The molecule has 6 heterocycles. The molecule has 4 N–H and O–H groups in total. The number of carbonyl (C=O) groups excluding carboxylic acids is 1. The van der Waals surface area contributed by atoms with Crippen LogP contribution >= 0.6 is 0 Å². The molecule has 10 rings (SSSR count).